The maximum absolute atomic E-state index is 13.1. The van der Waals surface area contributed by atoms with Gasteiger partial charge in [-0.15, -0.1) is 0 Å². The highest BCUT2D eigenvalue weighted by molar-refractivity contribution is 5.76. The summed E-state index contributed by atoms with van der Waals surface area (Å²) in [6.45, 7) is 15.5. The van der Waals surface area contributed by atoms with E-state index in [4.69, 9.17) is 14.2 Å². The van der Waals surface area contributed by atoms with Gasteiger partial charge in [0.2, 0.25) is 0 Å². The number of aryl methyl sites for hydroxylation is 1. The number of urea groups is 1. The second-order valence-corrected chi connectivity index (χ2v) is 10.3. The van der Waals surface area contributed by atoms with Crippen molar-refractivity contribution < 1.29 is 19.0 Å². The van der Waals surface area contributed by atoms with Crippen LogP contribution in [0.25, 0.3) is 0 Å². The Morgan fingerprint density at radius 3 is 2.53 bits per heavy atom. The lowest BCUT2D eigenvalue weighted by Crippen LogP contribution is -2.55. The van der Waals surface area contributed by atoms with E-state index in [1.54, 1.807) is 11.8 Å². The van der Waals surface area contributed by atoms with E-state index in [1.807, 2.05) is 48.5 Å². The van der Waals surface area contributed by atoms with Gasteiger partial charge in [-0.3, -0.25) is 14.3 Å². The molecule has 1 aromatic rings. The lowest BCUT2D eigenvalue weighted by Gasteiger charge is -2.38. The SMILES string of the molecule is Cc1cn([C@@H]2O[C@@]3(COC(C)C)CN(C(=O)NC(C)C)[C@@H]2[C@@H]3OC(C)(C)C)c(=O)[nH]c1=O. The minimum atomic E-state index is -0.968. The third-order valence-electron chi connectivity index (χ3n) is 5.51. The molecular weight excluding hydrogens is 416 g/mol. The molecular formula is C22H36N4O6. The minimum Gasteiger partial charge on any atom is -0.376 e. The number of amides is 2. The lowest BCUT2D eigenvalue weighted by atomic mass is 9.98. The molecule has 4 atom stereocenters. The summed E-state index contributed by atoms with van der Waals surface area (Å²) in [6.07, 6.45) is 0.0319. The molecule has 0 unspecified atom stereocenters. The van der Waals surface area contributed by atoms with Gasteiger partial charge in [-0.25, -0.2) is 9.59 Å². The number of aromatic amines is 1. The molecule has 2 bridgehead atoms. The predicted molar refractivity (Wildman–Crippen MR) is 119 cm³/mol. The number of rotatable bonds is 6. The van der Waals surface area contributed by atoms with Crippen LogP contribution in [0.2, 0.25) is 0 Å². The Hall–Kier alpha value is -2.17. The van der Waals surface area contributed by atoms with Crippen molar-refractivity contribution in [2.45, 2.75) is 97.1 Å². The first-order chi connectivity index (χ1) is 14.7. The number of aromatic nitrogens is 2. The fraction of sp³-hybridized carbons (Fsp3) is 0.773. The van der Waals surface area contributed by atoms with Crippen LogP contribution in [0.3, 0.4) is 0 Å². The number of nitrogens with one attached hydrogen (secondary N) is 2. The molecule has 2 amide bonds. The van der Waals surface area contributed by atoms with Crippen LogP contribution in [-0.4, -0.2) is 69.1 Å². The second kappa shape index (κ2) is 8.64. The number of ether oxygens (including phenoxy) is 3. The molecule has 2 aliphatic rings. The van der Waals surface area contributed by atoms with E-state index < -0.39 is 40.8 Å². The molecule has 2 saturated heterocycles. The highest BCUT2D eigenvalue weighted by Crippen LogP contribution is 2.49. The Bertz CT molecular complexity index is 962. The Morgan fingerprint density at radius 2 is 1.97 bits per heavy atom. The van der Waals surface area contributed by atoms with Crippen LogP contribution in [0.1, 0.15) is 60.3 Å². The summed E-state index contributed by atoms with van der Waals surface area (Å²) >= 11 is 0. The van der Waals surface area contributed by atoms with Gasteiger partial charge in [0, 0.05) is 17.8 Å². The van der Waals surface area contributed by atoms with Crippen LogP contribution in [-0.2, 0) is 14.2 Å². The summed E-state index contributed by atoms with van der Waals surface area (Å²) in [7, 11) is 0. The largest absolute Gasteiger partial charge is 0.376 e. The summed E-state index contributed by atoms with van der Waals surface area (Å²) in [4.78, 5) is 41.8. The lowest BCUT2D eigenvalue weighted by molar-refractivity contribution is -0.180. The zero-order valence-electron chi connectivity index (χ0n) is 20.2. The van der Waals surface area contributed by atoms with Crippen molar-refractivity contribution in [1.82, 2.24) is 19.8 Å². The predicted octanol–water partition coefficient (Wildman–Crippen LogP) is 1.52. The highest BCUT2D eigenvalue weighted by Gasteiger charge is 2.67. The number of H-pyrrole nitrogens is 1. The van der Waals surface area contributed by atoms with Crippen LogP contribution in [0, 0.1) is 6.92 Å². The van der Waals surface area contributed by atoms with Gasteiger partial charge in [0.1, 0.15) is 17.7 Å². The monoisotopic (exact) mass is 452 g/mol. The van der Waals surface area contributed by atoms with Crippen molar-refractivity contribution in [3.63, 3.8) is 0 Å². The summed E-state index contributed by atoms with van der Waals surface area (Å²) in [6, 6.07) is -0.919. The van der Waals surface area contributed by atoms with Crippen molar-refractivity contribution in [3.8, 4) is 0 Å². The number of morpholine rings is 1. The van der Waals surface area contributed by atoms with Gasteiger partial charge < -0.3 is 24.4 Å². The van der Waals surface area contributed by atoms with E-state index in [9.17, 15) is 14.4 Å². The standard InChI is InChI=1S/C22H36N4O6/c1-12(2)23-19(28)26-10-22(11-30-13(3)4)16(31-21(6,7)8)15(26)18(32-22)25-9-14(5)17(27)24-20(25)29/h9,12-13,15-16,18H,10-11H2,1-8H3,(H,23,28)(H,24,27,29)/t15-,16+,18-,22-/m1/s1. The van der Waals surface area contributed by atoms with Crippen LogP contribution in [0.15, 0.2) is 15.8 Å². The number of carbonyl (C=O) groups excluding carboxylic acids is 1. The topological polar surface area (TPSA) is 115 Å². The maximum Gasteiger partial charge on any atom is 0.330 e. The molecule has 0 saturated carbocycles. The molecule has 0 aromatic carbocycles. The molecule has 3 rings (SSSR count). The van der Waals surface area contributed by atoms with Crippen molar-refractivity contribution in [1.29, 1.82) is 0 Å². The van der Waals surface area contributed by atoms with E-state index in [2.05, 4.69) is 10.3 Å². The third-order valence-corrected chi connectivity index (χ3v) is 5.51. The van der Waals surface area contributed by atoms with Gasteiger partial charge in [0.15, 0.2) is 6.23 Å². The molecule has 2 N–H and O–H groups in total. The molecule has 2 fully saturated rings. The van der Waals surface area contributed by atoms with Gasteiger partial charge in [0.05, 0.1) is 24.9 Å². The van der Waals surface area contributed by atoms with E-state index in [0.29, 0.717) is 5.56 Å². The molecule has 0 aliphatic carbocycles. The number of nitrogens with zero attached hydrogens (tertiary/aromatic N) is 2. The zero-order valence-corrected chi connectivity index (χ0v) is 20.2. The molecule has 10 nitrogen and oxygen atoms in total. The van der Waals surface area contributed by atoms with Crippen molar-refractivity contribution in [2.24, 2.45) is 0 Å². The van der Waals surface area contributed by atoms with Crippen molar-refractivity contribution in [3.05, 3.63) is 32.6 Å². The molecule has 0 spiro atoms. The molecule has 10 heteroatoms. The van der Waals surface area contributed by atoms with Crippen LogP contribution in [0.5, 0.6) is 0 Å². The molecule has 3 heterocycles. The van der Waals surface area contributed by atoms with Crippen LogP contribution >= 0.6 is 0 Å². The number of carbonyl (C=O) groups is 1. The van der Waals surface area contributed by atoms with Crippen LogP contribution < -0.4 is 16.6 Å². The normalized spacial score (nSPS) is 27.6. The number of likely N-dealkylation sites (tertiary alicyclic amines) is 1. The Kier molecular flexibility index (Phi) is 6.61. The average Bonchev–Trinajstić information content (AvgIpc) is 3.10. The van der Waals surface area contributed by atoms with Crippen molar-refractivity contribution >= 4 is 6.03 Å². The number of hydrogen-bond acceptors (Lipinski definition) is 6. The summed E-state index contributed by atoms with van der Waals surface area (Å²) < 4.78 is 20.2. The summed E-state index contributed by atoms with van der Waals surface area (Å²) in [5.74, 6) is 0. The van der Waals surface area contributed by atoms with E-state index in [0.717, 1.165) is 0 Å². The first kappa shape index (κ1) is 24.5. The van der Waals surface area contributed by atoms with Gasteiger partial charge in [-0.05, 0) is 55.4 Å². The average molecular weight is 453 g/mol. The second-order valence-electron chi connectivity index (χ2n) is 10.3. The Morgan fingerprint density at radius 1 is 1.31 bits per heavy atom. The Labute approximate surface area is 188 Å². The highest BCUT2D eigenvalue weighted by atomic mass is 16.6. The first-order valence-corrected chi connectivity index (χ1v) is 11.1. The quantitative estimate of drug-likeness (QED) is 0.676. The Balaban J connectivity index is 2.11. The first-order valence-electron chi connectivity index (χ1n) is 11.1. The van der Waals surface area contributed by atoms with Crippen molar-refractivity contribution in [2.75, 3.05) is 13.2 Å². The fourth-order valence-corrected chi connectivity index (χ4v) is 4.24. The van der Waals surface area contributed by atoms with Gasteiger partial charge >= 0.3 is 11.7 Å². The van der Waals surface area contributed by atoms with Crippen LogP contribution in [0.4, 0.5) is 4.79 Å². The minimum absolute atomic E-state index is 0.0580. The molecule has 2 aliphatic heterocycles. The summed E-state index contributed by atoms with van der Waals surface area (Å²) in [5.41, 5.74) is -2.18. The van der Waals surface area contributed by atoms with Gasteiger partial charge in [-0.1, -0.05) is 0 Å². The summed E-state index contributed by atoms with van der Waals surface area (Å²) in [5, 5.41) is 2.93. The molecule has 0 radical (unpaired) electrons. The fourth-order valence-electron chi connectivity index (χ4n) is 4.24. The smallest absolute Gasteiger partial charge is 0.330 e. The molecule has 32 heavy (non-hydrogen) atoms. The maximum atomic E-state index is 13.1. The van der Waals surface area contributed by atoms with Gasteiger partial charge in [-0.2, -0.15) is 0 Å². The molecule has 180 valence electrons. The molecule has 1 aromatic heterocycles. The third kappa shape index (κ3) is 4.77. The van der Waals surface area contributed by atoms with Gasteiger partial charge in [0.25, 0.3) is 5.56 Å². The number of fused-ring (bicyclic) bond motifs is 2. The van der Waals surface area contributed by atoms with E-state index >= 15 is 0 Å². The van der Waals surface area contributed by atoms with E-state index in [1.165, 1.54) is 10.8 Å². The zero-order chi connectivity index (χ0) is 24.0. The number of hydrogen-bond donors (Lipinski definition) is 2. The van der Waals surface area contributed by atoms with E-state index in [-0.39, 0.29) is 31.3 Å².